The summed E-state index contributed by atoms with van der Waals surface area (Å²) in [5, 5.41) is 2.92. The van der Waals surface area contributed by atoms with E-state index in [1.807, 2.05) is 35.2 Å². The number of sulfone groups is 2. The van der Waals surface area contributed by atoms with Gasteiger partial charge in [0, 0.05) is 29.5 Å². The number of hydrogen-bond acceptors (Lipinski definition) is 10. The lowest BCUT2D eigenvalue weighted by Gasteiger charge is -2.32. The number of likely N-dealkylation sites (tertiary alicyclic amines) is 1. The molecule has 1 aliphatic rings. The van der Waals surface area contributed by atoms with E-state index in [0.29, 0.717) is 50.7 Å². The van der Waals surface area contributed by atoms with Gasteiger partial charge in [0.05, 0.1) is 22.7 Å². The molecule has 2 aromatic carbocycles. The fourth-order valence-corrected chi connectivity index (χ4v) is 7.44. The number of nitrogens with one attached hydrogen (secondary N) is 1. The number of thioether (sulfide) groups is 1. The number of hydrogen-bond donors (Lipinski definition) is 3. The maximum Gasteiger partial charge on any atom is 0.501 e. The van der Waals surface area contributed by atoms with Gasteiger partial charge in [0.2, 0.25) is 0 Å². The van der Waals surface area contributed by atoms with Gasteiger partial charge >= 0.3 is 19.1 Å². The Labute approximate surface area is 258 Å². The second-order valence-electron chi connectivity index (χ2n) is 10.3. The van der Waals surface area contributed by atoms with Gasteiger partial charge in [0.1, 0.15) is 11.5 Å². The minimum atomic E-state index is -5.90. The zero-order valence-electron chi connectivity index (χ0n) is 23.6. The minimum Gasteiger partial charge on any atom is -0.465 e. The number of carbonyl (C=O) groups excluding carboxylic acids is 1. The van der Waals surface area contributed by atoms with Crippen LogP contribution < -0.4 is 5.32 Å². The molecule has 0 unspecified atom stereocenters. The molecule has 3 N–H and O–H groups in total. The first-order chi connectivity index (χ1) is 20.4. The summed E-state index contributed by atoms with van der Waals surface area (Å²) in [5.41, 5.74) is -6.03. The van der Waals surface area contributed by atoms with Crippen molar-refractivity contribution in [3.05, 3.63) is 48.5 Å². The van der Waals surface area contributed by atoms with Crippen molar-refractivity contribution in [2.45, 2.75) is 45.5 Å². The highest BCUT2D eigenvalue weighted by Gasteiger charge is 2.48. The highest BCUT2D eigenvalue weighted by molar-refractivity contribution is 7.99. The standard InChI is InChI=1S/C26H34F3N2O9PS3/c1-43(36,37)22-7-8-23(24(17-22)44(38,39)26(27,28)29)30-20(18-42-21-5-3-2-4-6-21)11-14-31-12-9-19(10-13-31)25(32)40-15-16-41(33,34)35/h2-8,17,19-20,30H,9-16,18H2,1H3,(H2,33,34,35)/t20-/m1/s1. The van der Waals surface area contributed by atoms with Gasteiger partial charge in [-0.3, -0.25) is 9.36 Å². The fourth-order valence-electron chi connectivity index (χ4n) is 4.44. The van der Waals surface area contributed by atoms with Crippen molar-refractivity contribution >= 4 is 50.7 Å². The smallest absolute Gasteiger partial charge is 0.465 e. The van der Waals surface area contributed by atoms with Crippen molar-refractivity contribution in [3.8, 4) is 0 Å². The van der Waals surface area contributed by atoms with E-state index in [4.69, 9.17) is 14.5 Å². The number of rotatable bonds is 14. The highest BCUT2D eigenvalue weighted by Crippen LogP contribution is 2.37. The number of esters is 1. The number of piperidine rings is 1. The van der Waals surface area contributed by atoms with Gasteiger partial charge in [0.25, 0.3) is 9.84 Å². The van der Waals surface area contributed by atoms with Crippen molar-refractivity contribution < 1.29 is 53.9 Å². The molecule has 1 fully saturated rings. The zero-order chi connectivity index (χ0) is 32.8. The van der Waals surface area contributed by atoms with Crippen LogP contribution in [0.1, 0.15) is 19.3 Å². The van der Waals surface area contributed by atoms with Crippen molar-refractivity contribution in [2.75, 3.05) is 49.7 Å². The molecule has 1 aliphatic heterocycles. The van der Waals surface area contributed by atoms with Crippen LogP contribution in [0.2, 0.25) is 0 Å². The molecule has 1 saturated heterocycles. The Balaban J connectivity index is 1.74. The monoisotopic (exact) mass is 702 g/mol. The highest BCUT2D eigenvalue weighted by atomic mass is 32.2. The summed E-state index contributed by atoms with van der Waals surface area (Å²) in [5.74, 6) is -0.631. The quantitative estimate of drug-likeness (QED) is 0.148. The third-order valence-electron chi connectivity index (χ3n) is 6.87. The third kappa shape index (κ3) is 10.7. The van der Waals surface area contributed by atoms with E-state index in [1.165, 1.54) is 11.8 Å². The molecule has 18 heteroatoms. The van der Waals surface area contributed by atoms with Crippen LogP contribution in [0.5, 0.6) is 0 Å². The lowest BCUT2D eigenvalue weighted by Crippen LogP contribution is -2.39. The van der Waals surface area contributed by atoms with Gasteiger partial charge < -0.3 is 24.7 Å². The van der Waals surface area contributed by atoms with Crippen molar-refractivity contribution in [2.24, 2.45) is 5.92 Å². The van der Waals surface area contributed by atoms with Gasteiger partial charge in [-0.2, -0.15) is 13.2 Å². The maximum atomic E-state index is 13.6. The number of nitrogens with zero attached hydrogens (tertiary/aromatic N) is 1. The van der Waals surface area contributed by atoms with E-state index in [0.717, 1.165) is 23.3 Å². The Bertz CT molecular complexity index is 1550. The van der Waals surface area contributed by atoms with Crippen molar-refractivity contribution in [3.63, 3.8) is 0 Å². The second kappa shape index (κ2) is 15.0. The summed E-state index contributed by atoms with van der Waals surface area (Å²) in [6.45, 7) is 1.06. The van der Waals surface area contributed by atoms with Crippen molar-refractivity contribution in [1.82, 2.24) is 4.90 Å². The van der Waals surface area contributed by atoms with E-state index in [2.05, 4.69) is 5.32 Å². The predicted octanol–water partition coefficient (Wildman–Crippen LogP) is 3.78. The molecule has 1 atom stereocenters. The molecule has 0 radical (unpaired) electrons. The van der Waals surface area contributed by atoms with Crippen LogP contribution in [0.15, 0.2) is 63.2 Å². The average molecular weight is 703 g/mol. The van der Waals surface area contributed by atoms with Crippen LogP contribution >= 0.6 is 19.4 Å². The zero-order valence-corrected chi connectivity index (χ0v) is 27.0. The molecule has 0 aromatic heterocycles. The molecule has 0 bridgehead atoms. The van der Waals surface area contributed by atoms with Gasteiger partial charge in [-0.25, -0.2) is 16.8 Å². The average Bonchev–Trinajstić information content (AvgIpc) is 2.93. The molecule has 11 nitrogen and oxygen atoms in total. The third-order valence-corrected chi connectivity index (χ3v) is 11.4. The van der Waals surface area contributed by atoms with E-state index in [1.54, 1.807) is 0 Å². The van der Waals surface area contributed by atoms with Crippen LogP contribution in [-0.2, 0) is 33.8 Å². The number of halogens is 3. The van der Waals surface area contributed by atoms with Crippen LogP contribution in [0.3, 0.4) is 0 Å². The van der Waals surface area contributed by atoms with Gasteiger partial charge in [-0.05, 0) is 62.7 Å². The first-order valence-electron chi connectivity index (χ1n) is 13.4. The molecule has 0 saturated carbocycles. The van der Waals surface area contributed by atoms with Crippen LogP contribution in [0.25, 0.3) is 0 Å². The summed E-state index contributed by atoms with van der Waals surface area (Å²) < 4.78 is 106. The molecule has 44 heavy (non-hydrogen) atoms. The first-order valence-corrected chi connectivity index (χ1v) is 19.6. The van der Waals surface area contributed by atoms with E-state index in [9.17, 15) is 39.4 Å². The number of anilines is 1. The number of carbonyl (C=O) groups is 1. The molecule has 246 valence electrons. The van der Waals surface area contributed by atoms with E-state index >= 15 is 0 Å². The molecule has 0 spiro atoms. The summed E-state index contributed by atoms with van der Waals surface area (Å²) in [7, 11) is -14.2. The molecular formula is C26H34F3N2O9PS3. The molecule has 0 aliphatic carbocycles. The Morgan fingerprint density at radius 1 is 1.11 bits per heavy atom. The molecule has 0 amide bonds. The van der Waals surface area contributed by atoms with Gasteiger partial charge in [-0.1, -0.05) is 18.2 Å². The SMILES string of the molecule is CS(=O)(=O)c1ccc(N[C@H](CCN2CCC(C(=O)OCCP(=O)(O)O)CC2)CSc2ccccc2)c(S(=O)(=O)C(F)(F)F)c1. The fraction of sp³-hybridized carbons (Fsp3) is 0.500. The lowest BCUT2D eigenvalue weighted by atomic mass is 9.97. The largest absolute Gasteiger partial charge is 0.501 e. The maximum absolute atomic E-state index is 13.6. The normalized spacial score (nSPS) is 16.4. The first kappa shape index (κ1) is 36.3. The van der Waals surface area contributed by atoms with Gasteiger partial charge in [-0.15, -0.1) is 11.8 Å². The molecule has 1 heterocycles. The summed E-state index contributed by atoms with van der Waals surface area (Å²) in [6.07, 6.45) is 1.45. The summed E-state index contributed by atoms with van der Waals surface area (Å²) in [4.78, 5) is 31.3. The Morgan fingerprint density at radius 3 is 2.32 bits per heavy atom. The van der Waals surface area contributed by atoms with Crippen molar-refractivity contribution in [1.29, 1.82) is 0 Å². The summed E-state index contributed by atoms with van der Waals surface area (Å²) in [6, 6.07) is 11.2. The Hall–Kier alpha value is -2.14. The Kier molecular flexibility index (Phi) is 12.4. The number of benzene rings is 2. The van der Waals surface area contributed by atoms with E-state index in [-0.39, 0.29) is 12.3 Å². The molecule has 2 aromatic rings. The lowest BCUT2D eigenvalue weighted by molar-refractivity contribution is -0.149. The minimum absolute atomic E-state index is 0.339. The van der Waals surface area contributed by atoms with Crippen LogP contribution in [-0.4, -0.2) is 93.5 Å². The number of alkyl halides is 3. The Morgan fingerprint density at radius 2 is 1.75 bits per heavy atom. The van der Waals surface area contributed by atoms with Crippen LogP contribution in [0.4, 0.5) is 18.9 Å². The number of ether oxygens (including phenoxy) is 1. The topological polar surface area (TPSA) is 167 Å². The summed E-state index contributed by atoms with van der Waals surface area (Å²) >= 11 is 1.41. The van der Waals surface area contributed by atoms with Gasteiger partial charge in [0.15, 0.2) is 9.84 Å². The second-order valence-corrected chi connectivity index (χ2v) is 17.1. The molecule has 3 rings (SSSR count). The van der Waals surface area contributed by atoms with Crippen LogP contribution in [0, 0.1) is 5.92 Å². The molecular weight excluding hydrogens is 668 g/mol. The predicted molar refractivity (Wildman–Crippen MR) is 159 cm³/mol. The van der Waals surface area contributed by atoms with E-state index < -0.39 is 66.7 Å².